The van der Waals surface area contributed by atoms with Crippen LogP contribution in [0.25, 0.3) is 0 Å². The molecule has 7 heteroatoms. The number of hydrogen-bond donors (Lipinski definition) is 4. The second-order valence-electron chi connectivity index (χ2n) is 6.54. The Hall–Kier alpha value is -1.80. The van der Waals surface area contributed by atoms with E-state index in [-0.39, 0.29) is 23.0 Å². The predicted octanol–water partition coefficient (Wildman–Crippen LogP) is -1.26. The van der Waals surface area contributed by atoms with Crippen LogP contribution in [0.5, 0.6) is 0 Å². The minimum absolute atomic E-state index is 0.265. The fourth-order valence-electron chi connectivity index (χ4n) is 3.96. The van der Waals surface area contributed by atoms with Crippen molar-refractivity contribution in [3.05, 3.63) is 35.4 Å². The Kier molecular flexibility index (Phi) is 3.11. The number of rotatable bonds is 1. The zero-order chi connectivity index (χ0) is 16.5. The molecular formula is C16H17NO6. The van der Waals surface area contributed by atoms with E-state index in [0.717, 1.165) is 4.90 Å². The molecule has 0 aromatic heterocycles. The van der Waals surface area contributed by atoms with E-state index in [4.69, 9.17) is 0 Å². The van der Waals surface area contributed by atoms with Crippen molar-refractivity contribution in [2.75, 3.05) is 0 Å². The van der Waals surface area contributed by atoms with Crippen molar-refractivity contribution in [3.63, 3.8) is 0 Å². The Bertz CT molecular complexity index is 656. The molecule has 0 radical (unpaired) electrons. The highest BCUT2D eigenvalue weighted by Crippen LogP contribution is 2.51. The zero-order valence-corrected chi connectivity index (χ0v) is 12.1. The molecule has 3 aliphatic rings. The lowest BCUT2D eigenvalue weighted by Gasteiger charge is -2.33. The van der Waals surface area contributed by atoms with E-state index in [9.17, 15) is 30.0 Å². The van der Waals surface area contributed by atoms with Gasteiger partial charge in [0.1, 0.15) is 18.3 Å². The maximum atomic E-state index is 12.6. The Morgan fingerprint density at radius 1 is 0.783 bits per heavy atom. The Morgan fingerprint density at radius 3 is 1.87 bits per heavy atom. The maximum Gasteiger partial charge on any atom is 0.261 e. The summed E-state index contributed by atoms with van der Waals surface area (Å²) < 4.78 is 0. The lowest BCUT2D eigenvalue weighted by molar-refractivity contribution is -0.111. The van der Waals surface area contributed by atoms with Gasteiger partial charge in [0.25, 0.3) is 11.8 Å². The van der Waals surface area contributed by atoms with Gasteiger partial charge in [0.15, 0.2) is 0 Å². The summed E-state index contributed by atoms with van der Waals surface area (Å²) in [6, 6.07) is 5.44. The molecule has 122 valence electrons. The number of carbonyl (C=O) groups excluding carboxylic acids is 2. The smallest absolute Gasteiger partial charge is 0.261 e. The standard InChI is InChI=1S/C16H17NO6/c18-11-9-5-8(9)10(12(19)14(21)13(11)20)17-15(22)6-3-1-2-4-7(6)16(17)23/h1-4,8-14,18-21H,5H2/t8-,9+,10-,11-,12+,13-,14+/m0/s1. The lowest BCUT2D eigenvalue weighted by atomic mass is 9.98. The van der Waals surface area contributed by atoms with Gasteiger partial charge in [0.05, 0.1) is 23.3 Å². The summed E-state index contributed by atoms with van der Waals surface area (Å²) in [5.74, 6) is -1.70. The zero-order valence-electron chi connectivity index (χ0n) is 12.1. The van der Waals surface area contributed by atoms with Gasteiger partial charge in [0, 0.05) is 0 Å². The van der Waals surface area contributed by atoms with Crippen molar-refractivity contribution in [2.24, 2.45) is 11.8 Å². The summed E-state index contributed by atoms with van der Waals surface area (Å²) in [4.78, 5) is 26.2. The van der Waals surface area contributed by atoms with Gasteiger partial charge >= 0.3 is 0 Å². The number of hydrogen-bond acceptors (Lipinski definition) is 6. The van der Waals surface area contributed by atoms with Crippen molar-refractivity contribution < 1.29 is 30.0 Å². The fourth-order valence-corrected chi connectivity index (χ4v) is 3.96. The van der Waals surface area contributed by atoms with Gasteiger partial charge in [-0.25, -0.2) is 0 Å². The minimum atomic E-state index is -1.62. The van der Waals surface area contributed by atoms with Crippen LogP contribution in [0.1, 0.15) is 27.1 Å². The van der Waals surface area contributed by atoms with Gasteiger partial charge in [-0.3, -0.25) is 14.5 Å². The van der Waals surface area contributed by atoms with Gasteiger partial charge < -0.3 is 20.4 Å². The molecule has 0 unspecified atom stereocenters. The Morgan fingerprint density at radius 2 is 1.30 bits per heavy atom. The monoisotopic (exact) mass is 319 g/mol. The van der Waals surface area contributed by atoms with E-state index in [1.807, 2.05) is 0 Å². The molecular weight excluding hydrogens is 302 g/mol. The number of imide groups is 1. The Balaban J connectivity index is 1.74. The van der Waals surface area contributed by atoms with Crippen LogP contribution in [-0.2, 0) is 0 Å². The van der Waals surface area contributed by atoms with Crippen molar-refractivity contribution in [1.29, 1.82) is 0 Å². The van der Waals surface area contributed by atoms with Crippen LogP contribution in [-0.4, -0.2) is 67.6 Å². The summed E-state index contributed by atoms with van der Waals surface area (Å²) in [5, 5.41) is 40.4. The lowest BCUT2D eigenvalue weighted by Crippen LogP contribution is -2.54. The number of amides is 2. The second kappa shape index (κ2) is 4.85. The molecule has 2 aliphatic carbocycles. The summed E-state index contributed by atoms with van der Waals surface area (Å²) in [5.41, 5.74) is 0.531. The van der Waals surface area contributed by atoms with Crippen LogP contribution in [0.3, 0.4) is 0 Å². The molecule has 4 rings (SSSR count). The summed E-state index contributed by atoms with van der Waals surface area (Å²) in [7, 11) is 0. The number of benzene rings is 1. The number of aliphatic hydroxyl groups is 4. The fraction of sp³-hybridized carbons (Fsp3) is 0.500. The molecule has 2 amide bonds. The normalized spacial score (nSPS) is 42.3. The highest BCUT2D eigenvalue weighted by Gasteiger charge is 2.61. The number of carbonyl (C=O) groups is 2. The minimum Gasteiger partial charge on any atom is -0.390 e. The first-order valence-corrected chi connectivity index (χ1v) is 7.62. The SMILES string of the molecule is O=C1c2ccccc2C(=O)N1[C@@H]1[C@@H](O)[C@@H](O)[C@@H](O)[C@@H](O)[C@@H]2C[C@@H]21. The van der Waals surface area contributed by atoms with Crippen molar-refractivity contribution in [3.8, 4) is 0 Å². The number of nitrogens with zero attached hydrogens (tertiary/aromatic N) is 1. The third-order valence-electron chi connectivity index (χ3n) is 5.29. The quantitative estimate of drug-likeness (QED) is 0.480. The summed E-state index contributed by atoms with van der Waals surface area (Å²) >= 11 is 0. The van der Waals surface area contributed by atoms with Crippen molar-refractivity contribution in [2.45, 2.75) is 36.9 Å². The average Bonchev–Trinajstić information content (AvgIpc) is 3.31. The molecule has 7 atom stereocenters. The van der Waals surface area contributed by atoms with Gasteiger partial charge in [0.2, 0.25) is 0 Å². The highest BCUT2D eigenvalue weighted by molar-refractivity contribution is 6.21. The van der Waals surface area contributed by atoms with Crippen LogP contribution in [0.2, 0.25) is 0 Å². The first kappa shape index (κ1) is 14.8. The topological polar surface area (TPSA) is 118 Å². The largest absolute Gasteiger partial charge is 0.390 e. The van der Waals surface area contributed by atoms with E-state index in [1.54, 1.807) is 24.3 Å². The summed E-state index contributed by atoms with van der Waals surface area (Å²) in [6.07, 6.45) is -5.31. The molecule has 7 nitrogen and oxygen atoms in total. The molecule has 0 saturated heterocycles. The molecule has 2 saturated carbocycles. The van der Waals surface area contributed by atoms with Crippen LogP contribution in [0.15, 0.2) is 24.3 Å². The molecule has 0 bridgehead atoms. The van der Waals surface area contributed by atoms with Gasteiger partial charge in [-0.05, 0) is 30.4 Å². The molecule has 2 fully saturated rings. The Labute approximate surface area is 131 Å². The van der Waals surface area contributed by atoms with E-state index >= 15 is 0 Å². The molecule has 1 heterocycles. The van der Waals surface area contributed by atoms with E-state index < -0.39 is 42.3 Å². The van der Waals surface area contributed by atoms with Crippen molar-refractivity contribution in [1.82, 2.24) is 4.90 Å². The maximum absolute atomic E-state index is 12.6. The highest BCUT2D eigenvalue weighted by atomic mass is 16.4. The van der Waals surface area contributed by atoms with Gasteiger partial charge in [-0.2, -0.15) is 0 Å². The molecule has 1 aliphatic heterocycles. The first-order valence-electron chi connectivity index (χ1n) is 7.62. The van der Waals surface area contributed by atoms with E-state index in [2.05, 4.69) is 0 Å². The molecule has 23 heavy (non-hydrogen) atoms. The van der Waals surface area contributed by atoms with Gasteiger partial charge in [-0.15, -0.1) is 0 Å². The average molecular weight is 319 g/mol. The van der Waals surface area contributed by atoms with Crippen LogP contribution < -0.4 is 0 Å². The number of aliphatic hydroxyl groups excluding tert-OH is 4. The molecule has 1 aromatic rings. The molecule has 4 N–H and O–H groups in total. The first-order chi connectivity index (χ1) is 10.9. The van der Waals surface area contributed by atoms with Crippen LogP contribution in [0, 0.1) is 11.8 Å². The second-order valence-corrected chi connectivity index (χ2v) is 6.54. The summed E-state index contributed by atoms with van der Waals surface area (Å²) in [6.45, 7) is 0. The van der Waals surface area contributed by atoms with Gasteiger partial charge in [-0.1, -0.05) is 12.1 Å². The third kappa shape index (κ3) is 1.91. The van der Waals surface area contributed by atoms with E-state index in [0.29, 0.717) is 6.42 Å². The van der Waals surface area contributed by atoms with Crippen molar-refractivity contribution >= 4 is 11.8 Å². The predicted molar refractivity (Wildman–Crippen MR) is 76.4 cm³/mol. The molecule has 1 aromatic carbocycles. The molecule has 0 spiro atoms. The number of fused-ring (bicyclic) bond motifs is 2. The third-order valence-corrected chi connectivity index (χ3v) is 5.29. The van der Waals surface area contributed by atoms with Crippen LogP contribution >= 0.6 is 0 Å². The van der Waals surface area contributed by atoms with Crippen LogP contribution in [0.4, 0.5) is 0 Å². The van der Waals surface area contributed by atoms with E-state index in [1.165, 1.54) is 0 Å².